The lowest BCUT2D eigenvalue weighted by Gasteiger charge is -2.25. The summed E-state index contributed by atoms with van der Waals surface area (Å²) in [4.78, 5) is 4.33. The van der Waals surface area contributed by atoms with Crippen molar-refractivity contribution in [3.05, 3.63) is 66.1 Å². The number of hydrogen-bond acceptors (Lipinski definition) is 3. The fraction of sp³-hybridized carbons (Fsp3) is 0.316. The summed E-state index contributed by atoms with van der Waals surface area (Å²) in [5, 5.41) is 3.57. The average Bonchev–Trinajstić information content (AvgIpc) is 3.08. The Kier molecular flexibility index (Phi) is 3.99. The molecule has 0 bridgehead atoms. The van der Waals surface area contributed by atoms with Crippen molar-refractivity contribution in [3.8, 4) is 5.75 Å². The van der Waals surface area contributed by atoms with Crippen LogP contribution in [-0.4, -0.2) is 22.5 Å². The van der Waals surface area contributed by atoms with Crippen molar-refractivity contribution in [2.45, 2.75) is 25.3 Å². The van der Waals surface area contributed by atoms with Crippen molar-refractivity contribution in [3.63, 3.8) is 0 Å². The van der Waals surface area contributed by atoms with Gasteiger partial charge in [0.15, 0.2) is 0 Å². The van der Waals surface area contributed by atoms with Crippen LogP contribution in [0.4, 0.5) is 0 Å². The number of pyridine rings is 1. The van der Waals surface area contributed by atoms with Gasteiger partial charge in [-0.15, -0.1) is 0 Å². The van der Waals surface area contributed by atoms with Crippen molar-refractivity contribution in [1.29, 1.82) is 0 Å². The Bertz CT molecular complexity index is 796. The van der Waals surface area contributed by atoms with Gasteiger partial charge in [-0.2, -0.15) is 0 Å². The first kappa shape index (κ1) is 14.3. The maximum Gasteiger partial charge on any atom is 0.136 e. The molecular weight excluding hydrogens is 286 g/mol. The fourth-order valence-electron chi connectivity index (χ4n) is 3.36. The average molecular weight is 307 g/mol. The number of para-hydroxylation sites is 1. The standard InChI is InChI=1S/C19H21N3O/c1-2-6-18-17(5-1)15(9-13-23-18)8-10-20-14-16-4-3-7-19-21-11-12-22(16)19/h1-7,11-12,15,20H,8-10,13-14H2. The second-order valence-corrected chi connectivity index (χ2v) is 6.01. The Morgan fingerprint density at radius 1 is 1.17 bits per heavy atom. The molecule has 2 aromatic heterocycles. The maximum atomic E-state index is 5.74. The number of ether oxygens (including phenoxy) is 1. The highest BCUT2D eigenvalue weighted by molar-refractivity contribution is 5.40. The Morgan fingerprint density at radius 2 is 2.13 bits per heavy atom. The topological polar surface area (TPSA) is 38.6 Å². The molecule has 1 aliphatic rings. The fourth-order valence-corrected chi connectivity index (χ4v) is 3.36. The number of imidazole rings is 1. The molecule has 0 saturated carbocycles. The van der Waals surface area contributed by atoms with E-state index >= 15 is 0 Å². The highest BCUT2D eigenvalue weighted by Gasteiger charge is 2.20. The molecule has 0 saturated heterocycles. The zero-order chi connectivity index (χ0) is 15.5. The van der Waals surface area contributed by atoms with E-state index in [2.05, 4.69) is 45.0 Å². The van der Waals surface area contributed by atoms with Crippen LogP contribution in [0.1, 0.15) is 30.0 Å². The van der Waals surface area contributed by atoms with Gasteiger partial charge < -0.3 is 14.5 Å². The van der Waals surface area contributed by atoms with E-state index < -0.39 is 0 Å². The number of nitrogens with zero attached hydrogens (tertiary/aromatic N) is 2. The summed E-state index contributed by atoms with van der Waals surface area (Å²) in [7, 11) is 0. The number of nitrogens with one attached hydrogen (secondary N) is 1. The highest BCUT2D eigenvalue weighted by Crippen LogP contribution is 2.35. The summed E-state index contributed by atoms with van der Waals surface area (Å²) in [6, 6.07) is 14.7. The van der Waals surface area contributed by atoms with E-state index in [1.807, 2.05) is 24.5 Å². The van der Waals surface area contributed by atoms with Gasteiger partial charge >= 0.3 is 0 Å². The first-order valence-corrected chi connectivity index (χ1v) is 8.25. The molecule has 1 aromatic carbocycles. The number of hydrogen-bond donors (Lipinski definition) is 1. The Hall–Kier alpha value is -2.33. The van der Waals surface area contributed by atoms with E-state index in [4.69, 9.17) is 4.74 Å². The number of benzene rings is 1. The lowest BCUT2D eigenvalue weighted by molar-refractivity contribution is 0.262. The molecule has 1 N–H and O–H groups in total. The third-order valence-corrected chi connectivity index (χ3v) is 4.57. The normalized spacial score (nSPS) is 17.0. The summed E-state index contributed by atoms with van der Waals surface area (Å²) < 4.78 is 7.87. The van der Waals surface area contributed by atoms with E-state index in [1.165, 1.54) is 11.3 Å². The molecule has 3 aromatic rings. The lowest BCUT2D eigenvalue weighted by atomic mass is 9.90. The highest BCUT2D eigenvalue weighted by atomic mass is 16.5. The molecule has 1 atom stereocenters. The zero-order valence-electron chi connectivity index (χ0n) is 13.1. The Morgan fingerprint density at radius 3 is 3.13 bits per heavy atom. The maximum absolute atomic E-state index is 5.74. The van der Waals surface area contributed by atoms with E-state index in [-0.39, 0.29) is 0 Å². The van der Waals surface area contributed by atoms with Gasteiger partial charge in [0.05, 0.1) is 6.61 Å². The van der Waals surface area contributed by atoms with Crippen molar-refractivity contribution in [2.75, 3.05) is 13.2 Å². The largest absolute Gasteiger partial charge is 0.493 e. The van der Waals surface area contributed by atoms with E-state index in [9.17, 15) is 0 Å². The van der Waals surface area contributed by atoms with Crippen LogP contribution in [0.2, 0.25) is 0 Å². The SMILES string of the molecule is c1ccc2c(c1)OCCC2CCNCc1cccc2nccn12. The third kappa shape index (κ3) is 2.94. The summed E-state index contributed by atoms with van der Waals surface area (Å²) in [6.45, 7) is 2.69. The summed E-state index contributed by atoms with van der Waals surface area (Å²) in [5.41, 5.74) is 3.60. The molecule has 4 heteroatoms. The van der Waals surface area contributed by atoms with Crippen LogP contribution in [0, 0.1) is 0 Å². The molecule has 3 heterocycles. The van der Waals surface area contributed by atoms with Crippen LogP contribution in [0.15, 0.2) is 54.9 Å². The Balaban J connectivity index is 1.35. The number of aromatic nitrogens is 2. The number of rotatable bonds is 5. The van der Waals surface area contributed by atoms with Crippen LogP contribution in [0.3, 0.4) is 0 Å². The van der Waals surface area contributed by atoms with Gasteiger partial charge in [0, 0.05) is 24.6 Å². The number of fused-ring (bicyclic) bond motifs is 2. The molecule has 0 amide bonds. The molecule has 0 fully saturated rings. The van der Waals surface area contributed by atoms with Gasteiger partial charge in [-0.3, -0.25) is 0 Å². The van der Waals surface area contributed by atoms with Crippen molar-refractivity contribution in [2.24, 2.45) is 0 Å². The van der Waals surface area contributed by atoms with Gasteiger partial charge in [-0.25, -0.2) is 4.98 Å². The quantitative estimate of drug-likeness (QED) is 0.734. The van der Waals surface area contributed by atoms with Gasteiger partial charge in [-0.1, -0.05) is 24.3 Å². The molecule has 4 rings (SSSR count). The van der Waals surface area contributed by atoms with Crippen LogP contribution in [0.5, 0.6) is 5.75 Å². The van der Waals surface area contributed by atoms with Crippen LogP contribution in [0.25, 0.3) is 5.65 Å². The van der Waals surface area contributed by atoms with Gasteiger partial charge in [0.1, 0.15) is 11.4 Å². The molecular formula is C19H21N3O. The predicted molar refractivity (Wildman–Crippen MR) is 90.8 cm³/mol. The van der Waals surface area contributed by atoms with Gasteiger partial charge in [0.25, 0.3) is 0 Å². The molecule has 0 radical (unpaired) electrons. The monoisotopic (exact) mass is 307 g/mol. The van der Waals surface area contributed by atoms with Gasteiger partial charge in [-0.05, 0) is 49.1 Å². The van der Waals surface area contributed by atoms with Crippen LogP contribution < -0.4 is 10.1 Å². The molecule has 23 heavy (non-hydrogen) atoms. The van der Waals surface area contributed by atoms with Crippen LogP contribution in [-0.2, 0) is 6.54 Å². The molecule has 1 unspecified atom stereocenters. The predicted octanol–water partition coefficient (Wildman–Crippen LogP) is 3.38. The molecule has 0 aliphatic carbocycles. The second-order valence-electron chi connectivity index (χ2n) is 6.01. The Labute approximate surface area is 136 Å². The second kappa shape index (κ2) is 6.42. The third-order valence-electron chi connectivity index (χ3n) is 4.57. The minimum Gasteiger partial charge on any atom is -0.493 e. The van der Waals surface area contributed by atoms with E-state index in [0.717, 1.165) is 43.9 Å². The van der Waals surface area contributed by atoms with E-state index in [0.29, 0.717) is 5.92 Å². The minimum atomic E-state index is 0.594. The van der Waals surface area contributed by atoms with Crippen molar-refractivity contribution in [1.82, 2.24) is 14.7 Å². The summed E-state index contributed by atoms with van der Waals surface area (Å²) >= 11 is 0. The molecule has 0 spiro atoms. The van der Waals surface area contributed by atoms with Crippen molar-refractivity contribution >= 4 is 5.65 Å². The summed E-state index contributed by atoms with van der Waals surface area (Å²) in [5.74, 6) is 1.66. The van der Waals surface area contributed by atoms with Crippen LogP contribution >= 0.6 is 0 Å². The first-order chi connectivity index (χ1) is 11.4. The van der Waals surface area contributed by atoms with Crippen molar-refractivity contribution < 1.29 is 4.74 Å². The lowest BCUT2D eigenvalue weighted by Crippen LogP contribution is -2.21. The molecule has 118 valence electrons. The molecule has 1 aliphatic heterocycles. The minimum absolute atomic E-state index is 0.594. The summed E-state index contributed by atoms with van der Waals surface area (Å²) in [6.07, 6.45) is 6.11. The first-order valence-electron chi connectivity index (χ1n) is 8.25. The zero-order valence-corrected chi connectivity index (χ0v) is 13.1. The van der Waals surface area contributed by atoms with Gasteiger partial charge in [0.2, 0.25) is 0 Å². The van der Waals surface area contributed by atoms with E-state index in [1.54, 1.807) is 0 Å². The molecule has 4 nitrogen and oxygen atoms in total. The smallest absolute Gasteiger partial charge is 0.136 e.